The monoisotopic (exact) mass is 245 g/mol. The third-order valence-electron chi connectivity index (χ3n) is 3.58. The summed E-state index contributed by atoms with van der Waals surface area (Å²) < 4.78 is 0. The highest BCUT2D eigenvalue weighted by atomic mass is 16.3. The summed E-state index contributed by atoms with van der Waals surface area (Å²) >= 11 is 0. The molecule has 0 unspecified atom stereocenters. The summed E-state index contributed by atoms with van der Waals surface area (Å²) in [5.74, 6) is 0. The van der Waals surface area contributed by atoms with Crippen molar-refractivity contribution in [1.29, 1.82) is 5.26 Å². The summed E-state index contributed by atoms with van der Waals surface area (Å²) in [4.78, 5) is 4.00. The van der Waals surface area contributed by atoms with E-state index in [2.05, 4.69) is 16.4 Å². The van der Waals surface area contributed by atoms with Gasteiger partial charge in [0.1, 0.15) is 6.07 Å². The first kappa shape index (κ1) is 12.8. The van der Waals surface area contributed by atoms with Crippen LogP contribution in [-0.4, -0.2) is 22.2 Å². The Morgan fingerprint density at radius 2 is 2.06 bits per heavy atom. The molecular weight excluding hydrogens is 226 g/mol. The van der Waals surface area contributed by atoms with Crippen molar-refractivity contribution in [3.8, 4) is 6.07 Å². The second-order valence-corrected chi connectivity index (χ2v) is 5.03. The van der Waals surface area contributed by atoms with Crippen molar-refractivity contribution >= 4 is 5.69 Å². The third kappa shape index (κ3) is 3.21. The number of nitriles is 1. The molecule has 0 atom stereocenters. The van der Waals surface area contributed by atoms with Crippen LogP contribution in [0.3, 0.4) is 0 Å². The third-order valence-corrected chi connectivity index (χ3v) is 3.58. The maximum atomic E-state index is 10.5. The molecule has 0 amide bonds. The summed E-state index contributed by atoms with van der Waals surface area (Å²) in [6.07, 6.45) is 9.48. The molecule has 0 aromatic carbocycles. The second kappa shape index (κ2) is 5.83. The van der Waals surface area contributed by atoms with Crippen molar-refractivity contribution in [3.63, 3.8) is 0 Å². The van der Waals surface area contributed by atoms with Gasteiger partial charge in [-0.2, -0.15) is 5.26 Å². The van der Waals surface area contributed by atoms with Gasteiger partial charge in [0.25, 0.3) is 0 Å². The predicted molar refractivity (Wildman–Crippen MR) is 70.1 cm³/mol. The molecule has 0 saturated heterocycles. The first-order valence-corrected chi connectivity index (χ1v) is 6.54. The molecule has 1 aromatic rings. The molecule has 0 radical (unpaired) electrons. The molecule has 2 rings (SSSR count). The highest BCUT2D eigenvalue weighted by Crippen LogP contribution is 2.27. The Balaban J connectivity index is 2.00. The van der Waals surface area contributed by atoms with Crippen molar-refractivity contribution in [2.45, 2.75) is 44.1 Å². The van der Waals surface area contributed by atoms with E-state index in [1.54, 1.807) is 18.5 Å². The Labute approximate surface area is 108 Å². The summed E-state index contributed by atoms with van der Waals surface area (Å²) in [6.45, 7) is 0.493. The number of aromatic nitrogens is 1. The van der Waals surface area contributed by atoms with Crippen LogP contribution in [0, 0.1) is 11.3 Å². The predicted octanol–water partition coefficient (Wildman–Crippen LogP) is 2.45. The van der Waals surface area contributed by atoms with E-state index in [-0.39, 0.29) is 0 Å². The molecular formula is C14H19N3O. The van der Waals surface area contributed by atoms with Gasteiger partial charge in [-0.05, 0) is 18.9 Å². The van der Waals surface area contributed by atoms with Gasteiger partial charge in [-0.15, -0.1) is 0 Å². The van der Waals surface area contributed by atoms with Crippen molar-refractivity contribution in [2.24, 2.45) is 0 Å². The molecule has 1 saturated carbocycles. The lowest BCUT2D eigenvalue weighted by Gasteiger charge is -2.27. The average molecular weight is 245 g/mol. The van der Waals surface area contributed by atoms with Crippen LogP contribution >= 0.6 is 0 Å². The first-order chi connectivity index (χ1) is 8.73. The van der Waals surface area contributed by atoms with Gasteiger partial charge >= 0.3 is 0 Å². The Hall–Kier alpha value is -1.60. The minimum absolute atomic E-state index is 0.493. The van der Waals surface area contributed by atoms with Crippen LogP contribution < -0.4 is 5.32 Å². The van der Waals surface area contributed by atoms with E-state index in [1.165, 1.54) is 12.8 Å². The lowest BCUT2D eigenvalue weighted by Crippen LogP contribution is -2.36. The van der Waals surface area contributed by atoms with Crippen LogP contribution in [0.2, 0.25) is 0 Å². The van der Waals surface area contributed by atoms with Gasteiger partial charge in [0.2, 0.25) is 0 Å². The van der Waals surface area contributed by atoms with Crippen LogP contribution in [0.5, 0.6) is 0 Å². The molecule has 18 heavy (non-hydrogen) atoms. The second-order valence-electron chi connectivity index (χ2n) is 5.03. The van der Waals surface area contributed by atoms with Gasteiger partial charge in [-0.25, -0.2) is 0 Å². The highest BCUT2D eigenvalue weighted by molar-refractivity contribution is 5.55. The van der Waals surface area contributed by atoms with Gasteiger partial charge in [0, 0.05) is 12.7 Å². The summed E-state index contributed by atoms with van der Waals surface area (Å²) in [6, 6.07) is 3.80. The van der Waals surface area contributed by atoms with Crippen molar-refractivity contribution in [1.82, 2.24) is 4.98 Å². The summed E-state index contributed by atoms with van der Waals surface area (Å²) in [7, 11) is 0. The zero-order valence-corrected chi connectivity index (χ0v) is 10.5. The van der Waals surface area contributed by atoms with E-state index in [0.717, 1.165) is 25.7 Å². The number of pyridine rings is 1. The molecule has 1 aromatic heterocycles. The van der Waals surface area contributed by atoms with Gasteiger partial charge in [-0.3, -0.25) is 4.98 Å². The molecule has 1 aliphatic carbocycles. The summed E-state index contributed by atoms with van der Waals surface area (Å²) in [5.41, 5.74) is 0.638. The molecule has 0 aliphatic heterocycles. The van der Waals surface area contributed by atoms with Crippen LogP contribution in [0.15, 0.2) is 18.5 Å². The van der Waals surface area contributed by atoms with Gasteiger partial charge in [0.05, 0.1) is 23.0 Å². The lowest BCUT2D eigenvalue weighted by atomic mass is 9.94. The minimum Gasteiger partial charge on any atom is -0.388 e. The van der Waals surface area contributed by atoms with Crippen molar-refractivity contribution in [3.05, 3.63) is 24.0 Å². The number of aliphatic hydroxyl groups is 1. The van der Waals surface area contributed by atoms with Crippen molar-refractivity contribution in [2.75, 3.05) is 11.9 Å². The zero-order chi connectivity index (χ0) is 12.8. The summed E-state index contributed by atoms with van der Waals surface area (Å²) in [5, 5.41) is 22.7. The van der Waals surface area contributed by atoms with E-state index in [1.807, 2.05) is 0 Å². The van der Waals surface area contributed by atoms with Crippen LogP contribution in [0.4, 0.5) is 5.69 Å². The van der Waals surface area contributed by atoms with E-state index in [0.29, 0.717) is 17.8 Å². The molecule has 4 heteroatoms. The Kier molecular flexibility index (Phi) is 4.16. The highest BCUT2D eigenvalue weighted by Gasteiger charge is 2.27. The molecule has 96 valence electrons. The van der Waals surface area contributed by atoms with Gasteiger partial charge in [-0.1, -0.05) is 25.7 Å². The van der Waals surface area contributed by atoms with E-state index in [4.69, 9.17) is 5.26 Å². The first-order valence-electron chi connectivity index (χ1n) is 6.54. The number of nitrogens with zero attached hydrogens (tertiary/aromatic N) is 2. The Morgan fingerprint density at radius 1 is 1.33 bits per heavy atom. The molecule has 4 nitrogen and oxygen atoms in total. The van der Waals surface area contributed by atoms with Crippen LogP contribution in [0.1, 0.15) is 44.1 Å². The number of hydrogen-bond acceptors (Lipinski definition) is 4. The van der Waals surface area contributed by atoms with E-state index >= 15 is 0 Å². The van der Waals surface area contributed by atoms with E-state index in [9.17, 15) is 5.11 Å². The zero-order valence-electron chi connectivity index (χ0n) is 10.5. The van der Waals surface area contributed by atoms with E-state index < -0.39 is 5.60 Å². The van der Waals surface area contributed by atoms with Crippen LogP contribution in [-0.2, 0) is 0 Å². The van der Waals surface area contributed by atoms with Crippen LogP contribution in [0.25, 0.3) is 0 Å². The molecule has 0 spiro atoms. The molecule has 1 fully saturated rings. The lowest BCUT2D eigenvalue weighted by molar-refractivity contribution is 0.0381. The normalized spacial score (nSPS) is 18.7. The molecule has 2 N–H and O–H groups in total. The maximum Gasteiger partial charge on any atom is 0.101 e. The van der Waals surface area contributed by atoms with Gasteiger partial charge in [0.15, 0.2) is 0 Å². The number of anilines is 1. The molecule has 0 bridgehead atoms. The van der Waals surface area contributed by atoms with Crippen molar-refractivity contribution < 1.29 is 5.11 Å². The standard InChI is InChI=1S/C14H19N3O/c15-9-12-5-8-16-10-13(12)17-11-14(18)6-3-1-2-4-7-14/h5,8,10,17-18H,1-4,6-7,11H2. The SMILES string of the molecule is N#Cc1ccncc1NCC1(O)CCCCCC1. The number of hydrogen-bond donors (Lipinski definition) is 2. The number of nitrogens with one attached hydrogen (secondary N) is 1. The quantitative estimate of drug-likeness (QED) is 0.803. The fourth-order valence-corrected chi connectivity index (χ4v) is 2.46. The maximum absolute atomic E-state index is 10.5. The Bertz CT molecular complexity index is 431. The molecule has 1 aliphatic rings. The fourth-order valence-electron chi connectivity index (χ4n) is 2.46. The smallest absolute Gasteiger partial charge is 0.101 e. The van der Waals surface area contributed by atoms with Gasteiger partial charge < -0.3 is 10.4 Å². The average Bonchev–Trinajstić information content (AvgIpc) is 2.62. The topological polar surface area (TPSA) is 68.9 Å². The largest absolute Gasteiger partial charge is 0.388 e. The minimum atomic E-state index is -0.640. The fraction of sp³-hybridized carbons (Fsp3) is 0.571. The number of rotatable bonds is 3. The Morgan fingerprint density at radius 3 is 2.72 bits per heavy atom. The molecule has 1 heterocycles.